The molecule has 10 nitrogen and oxygen atoms in total. The van der Waals surface area contributed by atoms with Crippen molar-refractivity contribution in [3.05, 3.63) is 134 Å². The maximum atomic E-state index is 12.6. The number of hydrazone groups is 1. The van der Waals surface area contributed by atoms with Crippen molar-refractivity contribution in [2.24, 2.45) is 5.10 Å². The van der Waals surface area contributed by atoms with Gasteiger partial charge in [-0.3, -0.25) is 19.7 Å². The van der Waals surface area contributed by atoms with Crippen LogP contribution < -0.4 is 15.5 Å². The number of esters is 1. The number of aryl methyl sites for hydroxylation is 1. The Balaban J connectivity index is 1.44. The second-order valence-corrected chi connectivity index (χ2v) is 8.86. The van der Waals surface area contributed by atoms with E-state index in [0.29, 0.717) is 11.3 Å². The zero-order chi connectivity index (χ0) is 28.6. The van der Waals surface area contributed by atoms with Gasteiger partial charge >= 0.3 is 5.97 Å². The quantitative estimate of drug-likeness (QED) is 0.0925. The van der Waals surface area contributed by atoms with Crippen molar-refractivity contribution in [3.63, 3.8) is 0 Å². The predicted octanol–water partition coefficient (Wildman–Crippen LogP) is 5.79. The summed E-state index contributed by atoms with van der Waals surface area (Å²) in [5, 5.41) is 18.1. The van der Waals surface area contributed by atoms with Crippen LogP contribution in [0.1, 0.15) is 42.2 Å². The molecule has 0 bridgehead atoms. The molecule has 0 heterocycles. The molecular formula is C29H21ClN4O6. The number of hydrogen-bond acceptors (Lipinski definition) is 7. The van der Waals surface area contributed by atoms with Crippen LogP contribution in [0.3, 0.4) is 0 Å². The zero-order valence-electron chi connectivity index (χ0n) is 21.0. The van der Waals surface area contributed by atoms with E-state index in [0.717, 1.165) is 17.8 Å². The Labute approximate surface area is 233 Å². The molecule has 2 N–H and O–H groups in total. The molecule has 4 rings (SSSR count). The minimum Gasteiger partial charge on any atom is -0.422 e. The number of nitrogens with zero attached hydrogens (tertiary/aromatic N) is 2. The van der Waals surface area contributed by atoms with Crippen molar-refractivity contribution in [2.75, 3.05) is 5.32 Å². The molecule has 0 spiro atoms. The molecular weight excluding hydrogens is 536 g/mol. The summed E-state index contributed by atoms with van der Waals surface area (Å²) >= 11 is 6.05. The molecule has 0 unspecified atom stereocenters. The van der Waals surface area contributed by atoms with Crippen LogP contribution in [0.5, 0.6) is 5.75 Å². The summed E-state index contributed by atoms with van der Waals surface area (Å²) in [6.45, 7) is 1.89. The number of nitrogens with one attached hydrogen (secondary N) is 2. The van der Waals surface area contributed by atoms with Gasteiger partial charge in [-0.05, 0) is 61.5 Å². The summed E-state index contributed by atoms with van der Waals surface area (Å²) in [5.74, 6) is -1.66. The maximum Gasteiger partial charge on any atom is 0.345 e. The standard InChI is InChI=1S/C29H21ClN4O6/c1-18-5-4-6-20(15-18)27(35)32-22-11-9-19(10-12-22)28(36)33-31-17-21-16-23(34(38)39)13-14-26(21)40-29(37)24-7-2-3-8-25(24)30/h2-17H,1H3,(H,32,35)(H,33,36)/b31-17+. The highest BCUT2D eigenvalue weighted by Crippen LogP contribution is 2.25. The molecule has 11 heteroatoms. The summed E-state index contributed by atoms with van der Waals surface area (Å²) in [6.07, 6.45) is 1.12. The van der Waals surface area contributed by atoms with Gasteiger partial charge in [0.15, 0.2) is 0 Å². The Bertz CT molecular complexity index is 1640. The topological polar surface area (TPSA) is 140 Å². The Morgan fingerprint density at radius 2 is 1.65 bits per heavy atom. The van der Waals surface area contributed by atoms with Gasteiger partial charge in [0.2, 0.25) is 0 Å². The van der Waals surface area contributed by atoms with Gasteiger partial charge in [-0.1, -0.05) is 41.4 Å². The summed E-state index contributed by atoms with van der Waals surface area (Å²) < 4.78 is 5.39. The van der Waals surface area contributed by atoms with Gasteiger partial charge in [0.25, 0.3) is 17.5 Å². The number of non-ortho nitro benzene ring substituents is 1. The average molecular weight is 557 g/mol. The first kappa shape index (κ1) is 27.7. The second kappa shape index (κ2) is 12.5. The zero-order valence-corrected chi connectivity index (χ0v) is 21.7. The first-order chi connectivity index (χ1) is 19.2. The maximum absolute atomic E-state index is 12.6. The Morgan fingerprint density at radius 1 is 0.900 bits per heavy atom. The largest absolute Gasteiger partial charge is 0.422 e. The third kappa shape index (κ3) is 6.94. The van der Waals surface area contributed by atoms with E-state index in [2.05, 4.69) is 15.8 Å². The van der Waals surface area contributed by atoms with Crippen LogP contribution in [0.4, 0.5) is 11.4 Å². The van der Waals surface area contributed by atoms with Crippen molar-refractivity contribution in [1.29, 1.82) is 0 Å². The third-order valence-electron chi connectivity index (χ3n) is 5.56. The molecule has 0 saturated carbocycles. The molecule has 2 amide bonds. The van der Waals surface area contributed by atoms with E-state index in [4.69, 9.17) is 16.3 Å². The SMILES string of the molecule is Cc1cccc(C(=O)Nc2ccc(C(=O)N/N=C/c3cc([N+](=O)[O-])ccc3OC(=O)c3ccccc3Cl)cc2)c1. The molecule has 0 aliphatic rings. The van der Waals surface area contributed by atoms with Gasteiger partial charge in [-0.15, -0.1) is 0 Å². The number of benzene rings is 4. The Hall–Kier alpha value is -5.35. The first-order valence-corrected chi connectivity index (χ1v) is 12.2. The van der Waals surface area contributed by atoms with Gasteiger partial charge in [0.05, 0.1) is 21.7 Å². The van der Waals surface area contributed by atoms with E-state index < -0.39 is 16.8 Å². The monoisotopic (exact) mass is 556 g/mol. The first-order valence-electron chi connectivity index (χ1n) is 11.8. The lowest BCUT2D eigenvalue weighted by atomic mass is 10.1. The third-order valence-corrected chi connectivity index (χ3v) is 5.89. The van der Waals surface area contributed by atoms with Crippen molar-refractivity contribution >= 4 is 47.0 Å². The molecule has 0 saturated heterocycles. The highest BCUT2D eigenvalue weighted by Gasteiger charge is 2.17. The van der Waals surface area contributed by atoms with Gasteiger partial charge in [-0.25, -0.2) is 10.2 Å². The van der Waals surface area contributed by atoms with E-state index in [9.17, 15) is 24.5 Å². The Morgan fingerprint density at radius 3 is 2.35 bits per heavy atom. The smallest absolute Gasteiger partial charge is 0.345 e. The van der Waals surface area contributed by atoms with Crippen LogP contribution in [0.15, 0.2) is 96.1 Å². The molecule has 0 radical (unpaired) electrons. The summed E-state index contributed by atoms with van der Waals surface area (Å²) in [7, 11) is 0. The van der Waals surface area contributed by atoms with Gasteiger partial charge in [0.1, 0.15) is 5.75 Å². The summed E-state index contributed by atoms with van der Waals surface area (Å²) in [4.78, 5) is 48.2. The van der Waals surface area contributed by atoms with Gasteiger partial charge in [-0.2, -0.15) is 5.10 Å². The number of nitro benzene ring substituents is 1. The predicted molar refractivity (Wildman–Crippen MR) is 150 cm³/mol. The van der Waals surface area contributed by atoms with Crippen molar-refractivity contribution < 1.29 is 24.0 Å². The minimum atomic E-state index is -0.771. The number of amides is 2. The van der Waals surface area contributed by atoms with Crippen LogP contribution >= 0.6 is 11.6 Å². The van der Waals surface area contributed by atoms with Crippen molar-refractivity contribution in [1.82, 2.24) is 5.43 Å². The van der Waals surface area contributed by atoms with E-state index in [-0.39, 0.29) is 39.1 Å². The molecule has 200 valence electrons. The highest BCUT2D eigenvalue weighted by atomic mass is 35.5. The fraction of sp³-hybridized carbons (Fsp3) is 0.0345. The fourth-order valence-corrected chi connectivity index (χ4v) is 3.76. The molecule has 0 aromatic heterocycles. The van der Waals surface area contributed by atoms with Crippen LogP contribution in [-0.2, 0) is 0 Å². The lowest BCUT2D eigenvalue weighted by Crippen LogP contribution is -2.18. The summed E-state index contributed by atoms with van der Waals surface area (Å²) in [5.41, 5.74) is 4.44. The number of anilines is 1. The van der Waals surface area contributed by atoms with Crippen LogP contribution in [0.2, 0.25) is 5.02 Å². The normalized spacial score (nSPS) is 10.7. The second-order valence-electron chi connectivity index (χ2n) is 8.45. The number of rotatable bonds is 8. The molecule has 4 aromatic carbocycles. The average Bonchev–Trinajstić information content (AvgIpc) is 2.94. The number of ether oxygens (including phenoxy) is 1. The molecule has 4 aromatic rings. The van der Waals surface area contributed by atoms with Crippen LogP contribution in [0.25, 0.3) is 0 Å². The molecule has 0 aliphatic heterocycles. The summed E-state index contributed by atoms with van der Waals surface area (Å²) in [6, 6.07) is 23.1. The highest BCUT2D eigenvalue weighted by molar-refractivity contribution is 6.33. The molecule has 40 heavy (non-hydrogen) atoms. The number of hydrogen-bond donors (Lipinski definition) is 2. The van der Waals surface area contributed by atoms with E-state index in [1.165, 1.54) is 36.4 Å². The van der Waals surface area contributed by atoms with Gasteiger partial charge < -0.3 is 10.1 Å². The van der Waals surface area contributed by atoms with E-state index >= 15 is 0 Å². The molecule has 0 atom stereocenters. The van der Waals surface area contributed by atoms with E-state index in [1.807, 2.05) is 13.0 Å². The Kier molecular flexibility index (Phi) is 8.62. The molecule has 0 aliphatic carbocycles. The molecule has 0 fully saturated rings. The van der Waals surface area contributed by atoms with Crippen molar-refractivity contribution in [2.45, 2.75) is 6.92 Å². The number of carbonyl (C=O) groups is 3. The minimum absolute atomic E-state index is 0.0257. The fourth-order valence-electron chi connectivity index (χ4n) is 3.54. The van der Waals surface area contributed by atoms with E-state index in [1.54, 1.807) is 42.5 Å². The number of nitro groups is 1. The lowest BCUT2D eigenvalue weighted by Gasteiger charge is -2.09. The van der Waals surface area contributed by atoms with Crippen LogP contribution in [-0.4, -0.2) is 28.9 Å². The number of halogens is 1. The van der Waals surface area contributed by atoms with Crippen LogP contribution in [0, 0.1) is 17.0 Å². The van der Waals surface area contributed by atoms with Gasteiger partial charge in [0, 0.05) is 34.5 Å². The van der Waals surface area contributed by atoms with Crippen molar-refractivity contribution in [3.8, 4) is 5.75 Å². The number of carbonyl (C=O) groups excluding carboxylic acids is 3. The lowest BCUT2D eigenvalue weighted by molar-refractivity contribution is -0.384.